The molecule has 1 aromatic rings. The van der Waals surface area contributed by atoms with Gasteiger partial charge in [0, 0.05) is 25.7 Å². The van der Waals surface area contributed by atoms with Gasteiger partial charge in [-0.3, -0.25) is 9.59 Å². The van der Waals surface area contributed by atoms with Gasteiger partial charge in [0.1, 0.15) is 11.6 Å². The Labute approximate surface area is 109 Å². The number of aryl methyl sites for hydroxylation is 1. The minimum atomic E-state index is 0.298. The molecule has 1 rings (SSSR count). The molecule has 0 saturated carbocycles. The molecule has 0 atom stereocenters. The lowest BCUT2D eigenvalue weighted by atomic mass is 10.0. The predicted octanol–water partition coefficient (Wildman–Crippen LogP) is 3.73. The van der Waals surface area contributed by atoms with E-state index in [0.717, 1.165) is 19.3 Å². The van der Waals surface area contributed by atoms with Crippen molar-refractivity contribution in [3.8, 4) is 0 Å². The lowest BCUT2D eigenvalue weighted by molar-refractivity contribution is -0.120. The molecule has 0 radical (unpaired) electrons. The fourth-order valence-electron chi connectivity index (χ4n) is 1.87. The molecule has 0 aliphatic rings. The maximum absolute atomic E-state index is 11.6. The zero-order valence-electron chi connectivity index (χ0n) is 11.2. The number of carbonyl (C=O) groups excluding carboxylic acids is 2. The second-order valence-electron chi connectivity index (χ2n) is 4.62. The fourth-order valence-corrected chi connectivity index (χ4v) is 1.87. The van der Waals surface area contributed by atoms with Gasteiger partial charge in [-0.1, -0.05) is 37.3 Å². The second kappa shape index (κ2) is 8.62. The van der Waals surface area contributed by atoms with Crippen LogP contribution in [0.1, 0.15) is 51.0 Å². The molecule has 0 bridgehead atoms. The lowest BCUT2D eigenvalue weighted by Crippen LogP contribution is -2.01. The molecule has 0 aromatic heterocycles. The third-order valence-electron chi connectivity index (χ3n) is 3.09. The van der Waals surface area contributed by atoms with Crippen LogP contribution in [0.3, 0.4) is 0 Å². The van der Waals surface area contributed by atoms with Crippen LogP contribution in [0.25, 0.3) is 0 Å². The van der Waals surface area contributed by atoms with Gasteiger partial charge in [-0.2, -0.15) is 0 Å². The Bertz CT molecular complexity index is 368. The van der Waals surface area contributed by atoms with E-state index < -0.39 is 0 Å². The molecule has 98 valence electrons. The van der Waals surface area contributed by atoms with Crippen molar-refractivity contribution in [3.63, 3.8) is 0 Å². The highest BCUT2D eigenvalue weighted by Gasteiger charge is 2.04. The molecule has 0 fully saturated rings. The maximum atomic E-state index is 11.6. The highest BCUT2D eigenvalue weighted by Crippen LogP contribution is 2.08. The first kappa shape index (κ1) is 14.6. The Hall–Kier alpha value is -1.44. The number of Topliss-reactive ketones (excluding diaryl/α,β-unsaturated/α-hetero) is 2. The van der Waals surface area contributed by atoms with E-state index in [-0.39, 0.29) is 0 Å². The Balaban J connectivity index is 2.09. The first-order valence-electron chi connectivity index (χ1n) is 6.79. The van der Waals surface area contributed by atoms with Crippen molar-refractivity contribution in [1.29, 1.82) is 0 Å². The van der Waals surface area contributed by atoms with Crippen LogP contribution in [0.5, 0.6) is 0 Å². The summed E-state index contributed by atoms with van der Waals surface area (Å²) in [5.74, 6) is 0.606. The molecule has 1 aromatic carbocycles. The molecule has 0 N–H and O–H groups in total. The first-order chi connectivity index (χ1) is 8.72. The van der Waals surface area contributed by atoms with E-state index >= 15 is 0 Å². The number of carbonyl (C=O) groups is 2. The lowest BCUT2D eigenvalue weighted by Gasteiger charge is -2.01. The number of rotatable bonds is 9. The zero-order chi connectivity index (χ0) is 13.2. The van der Waals surface area contributed by atoms with Crippen molar-refractivity contribution in [2.24, 2.45) is 0 Å². The monoisotopic (exact) mass is 246 g/mol. The van der Waals surface area contributed by atoms with E-state index in [0.29, 0.717) is 37.2 Å². The molecular weight excluding hydrogens is 224 g/mol. The Kier molecular flexibility index (Phi) is 7.00. The van der Waals surface area contributed by atoms with Crippen molar-refractivity contribution in [1.82, 2.24) is 0 Å². The van der Waals surface area contributed by atoms with E-state index in [1.807, 2.05) is 37.3 Å². The van der Waals surface area contributed by atoms with Crippen molar-refractivity contribution in [3.05, 3.63) is 35.9 Å². The molecule has 0 saturated heterocycles. The zero-order valence-corrected chi connectivity index (χ0v) is 11.2. The molecule has 18 heavy (non-hydrogen) atoms. The summed E-state index contributed by atoms with van der Waals surface area (Å²) in [5, 5.41) is 0. The quantitative estimate of drug-likeness (QED) is 0.622. The van der Waals surface area contributed by atoms with Crippen molar-refractivity contribution < 1.29 is 9.59 Å². The van der Waals surface area contributed by atoms with Crippen LogP contribution in [0.2, 0.25) is 0 Å². The Morgan fingerprint density at radius 1 is 0.889 bits per heavy atom. The number of hydrogen-bond donors (Lipinski definition) is 0. The highest BCUT2D eigenvalue weighted by atomic mass is 16.1. The van der Waals surface area contributed by atoms with Crippen LogP contribution in [0.15, 0.2) is 30.3 Å². The average molecular weight is 246 g/mol. The summed E-state index contributed by atoms with van der Waals surface area (Å²) in [4.78, 5) is 22.7. The van der Waals surface area contributed by atoms with Gasteiger partial charge < -0.3 is 0 Å². The normalized spacial score (nSPS) is 10.3. The van der Waals surface area contributed by atoms with Crippen LogP contribution >= 0.6 is 0 Å². The van der Waals surface area contributed by atoms with Crippen LogP contribution in [0, 0.1) is 0 Å². The highest BCUT2D eigenvalue weighted by molar-refractivity contribution is 5.79. The SMILES string of the molecule is CCC(=O)CCCCC(=O)CCc1ccccc1. The van der Waals surface area contributed by atoms with E-state index in [1.54, 1.807) is 0 Å². The van der Waals surface area contributed by atoms with Gasteiger partial charge in [0.2, 0.25) is 0 Å². The molecule has 0 aliphatic carbocycles. The van der Waals surface area contributed by atoms with Crippen molar-refractivity contribution in [2.45, 2.75) is 51.9 Å². The van der Waals surface area contributed by atoms with Gasteiger partial charge in [-0.05, 0) is 24.8 Å². The van der Waals surface area contributed by atoms with Gasteiger partial charge in [0.15, 0.2) is 0 Å². The summed E-state index contributed by atoms with van der Waals surface area (Å²) in [6.45, 7) is 1.88. The molecule has 2 heteroatoms. The second-order valence-corrected chi connectivity index (χ2v) is 4.62. The minimum Gasteiger partial charge on any atom is -0.300 e. The number of benzene rings is 1. The summed E-state index contributed by atoms with van der Waals surface area (Å²) in [7, 11) is 0. The van der Waals surface area contributed by atoms with Crippen molar-refractivity contribution in [2.75, 3.05) is 0 Å². The van der Waals surface area contributed by atoms with E-state index in [4.69, 9.17) is 0 Å². The molecule has 0 amide bonds. The summed E-state index contributed by atoms with van der Waals surface area (Å²) in [6.07, 6.45) is 5.00. The molecule has 2 nitrogen and oxygen atoms in total. The van der Waals surface area contributed by atoms with Gasteiger partial charge in [0.25, 0.3) is 0 Å². The standard InChI is InChI=1S/C16H22O2/c1-2-15(17)10-6-7-11-16(18)13-12-14-8-4-3-5-9-14/h3-5,8-9H,2,6-7,10-13H2,1H3. The summed E-state index contributed by atoms with van der Waals surface area (Å²) < 4.78 is 0. The topological polar surface area (TPSA) is 34.1 Å². The maximum Gasteiger partial charge on any atom is 0.133 e. The molecule has 0 aliphatic heterocycles. The van der Waals surface area contributed by atoms with Gasteiger partial charge >= 0.3 is 0 Å². The van der Waals surface area contributed by atoms with E-state index in [2.05, 4.69) is 0 Å². The molecule has 0 spiro atoms. The van der Waals surface area contributed by atoms with Crippen molar-refractivity contribution >= 4 is 11.6 Å². The summed E-state index contributed by atoms with van der Waals surface area (Å²) in [6, 6.07) is 10.1. The average Bonchev–Trinajstić information content (AvgIpc) is 2.42. The number of unbranched alkanes of at least 4 members (excludes halogenated alkanes) is 1. The number of hydrogen-bond acceptors (Lipinski definition) is 2. The van der Waals surface area contributed by atoms with Gasteiger partial charge in [0.05, 0.1) is 0 Å². The van der Waals surface area contributed by atoms with E-state index in [1.165, 1.54) is 5.56 Å². The van der Waals surface area contributed by atoms with Gasteiger partial charge in [-0.25, -0.2) is 0 Å². The van der Waals surface area contributed by atoms with Crippen LogP contribution in [0.4, 0.5) is 0 Å². The van der Waals surface area contributed by atoms with Crippen LogP contribution in [-0.4, -0.2) is 11.6 Å². The minimum absolute atomic E-state index is 0.298. The largest absolute Gasteiger partial charge is 0.300 e. The fraction of sp³-hybridized carbons (Fsp3) is 0.500. The first-order valence-corrected chi connectivity index (χ1v) is 6.79. The predicted molar refractivity (Wildman–Crippen MR) is 73.5 cm³/mol. The summed E-state index contributed by atoms with van der Waals surface area (Å²) in [5.41, 5.74) is 1.21. The number of ketones is 2. The van der Waals surface area contributed by atoms with Crippen LogP contribution < -0.4 is 0 Å². The third kappa shape index (κ3) is 6.33. The third-order valence-corrected chi connectivity index (χ3v) is 3.09. The smallest absolute Gasteiger partial charge is 0.133 e. The Morgan fingerprint density at radius 2 is 1.50 bits per heavy atom. The molecule has 0 unspecified atom stereocenters. The summed E-state index contributed by atoms with van der Waals surface area (Å²) >= 11 is 0. The molecular formula is C16H22O2. The Morgan fingerprint density at radius 3 is 2.11 bits per heavy atom. The van der Waals surface area contributed by atoms with E-state index in [9.17, 15) is 9.59 Å². The molecule has 0 heterocycles. The van der Waals surface area contributed by atoms with Gasteiger partial charge in [-0.15, -0.1) is 0 Å². The van der Waals surface area contributed by atoms with Crippen LogP contribution in [-0.2, 0) is 16.0 Å².